The van der Waals surface area contributed by atoms with E-state index in [1.807, 2.05) is 0 Å². The maximum absolute atomic E-state index is 13.4. The predicted octanol–water partition coefficient (Wildman–Crippen LogP) is 2.48. The second kappa shape index (κ2) is 6.56. The van der Waals surface area contributed by atoms with Crippen molar-refractivity contribution in [1.29, 1.82) is 0 Å². The average Bonchev–Trinajstić information content (AvgIpc) is 2.91. The summed E-state index contributed by atoms with van der Waals surface area (Å²) in [7, 11) is 0. The zero-order valence-electron chi connectivity index (χ0n) is 10.9. The molecule has 0 bridgehead atoms. The number of carbonyl (C=O) groups is 2. The summed E-state index contributed by atoms with van der Waals surface area (Å²) in [6.07, 6.45) is 2.08. The highest BCUT2D eigenvalue weighted by Gasteiger charge is 2.11. The average molecular weight is 292 g/mol. The van der Waals surface area contributed by atoms with Crippen LogP contribution in [0.5, 0.6) is 0 Å². The normalized spacial score (nSPS) is 10.1. The number of anilines is 1. The third-order valence-electron chi connectivity index (χ3n) is 2.69. The van der Waals surface area contributed by atoms with Gasteiger partial charge in [0.15, 0.2) is 0 Å². The van der Waals surface area contributed by atoms with Crippen molar-refractivity contribution in [2.45, 2.75) is 6.42 Å². The molecule has 7 heteroatoms. The quantitative estimate of drug-likeness (QED) is 0.789. The van der Waals surface area contributed by atoms with Crippen LogP contribution >= 0.6 is 0 Å². The van der Waals surface area contributed by atoms with Crippen LogP contribution in [0.2, 0.25) is 0 Å². The summed E-state index contributed by atoms with van der Waals surface area (Å²) in [5, 5.41) is 13.7. The van der Waals surface area contributed by atoms with Crippen LogP contribution in [0.3, 0.4) is 0 Å². The highest BCUT2D eigenvalue weighted by molar-refractivity contribution is 5.91. The lowest BCUT2D eigenvalue weighted by atomic mass is 10.2. The van der Waals surface area contributed by atoms with Crippen LogP contribution in [0.25, 0.3) is 0 Å². The second-order valence-corrected chi connectivity index (χ2v) is 4.21. The Morgan fingerprint density at radius 3 is 2.71 bits per heavy atom. The topological polar surface area (TPSA) is 91.6 Å². The first-order valence-electron chi connectivity index (χ1n) is 6.16. The first kappa shape index (κ1) is 14.6. The molecule has 0 aliphatic carbocycles. The van der Waals surface area contributed by atoms with Gasteiger partial charge in [-0.15, -0.1) is 0 Å². The van der Waals surface area contributed by atoms with Gasteiger partial charge in [0, 0.05) is 18.7 Å². The Bertz CT molecular complexity index is 640. The molecule has 0 spiro atoms. The Labute approximate surface area is 119 Å². The van der Waals surface area contributed by atoms with Crippen molar-refractivity contribution >= 4 is 17.7 Å². The number of aromatic carboxylic acids is 1. The Kier molecular flexibility index (Phi) is 4.55. The van der Waals surface area contributed by atoms with Crippen molar-refractivity contribution in [2.24, 2.45) is 0 Å². The Balaban J connectivity index is 1.85. The van der Waals surface area contributed by atoms with Crippen molar-refractivity contribution in [3.8, 4) is 0 Å². The fraction of sp³-hybridized carbons (Fsp3) is 0.143. The van der Waals surface area contributed by atoms with Gasteiger partial charge in [0.1, 0.15) is 11.6 Å². The molecular weight excluding hydrogens is 279 g/mol. The van der Waals surface area contributed by atoms with Crippen molar-refractivity contribution in [2.75, 3.05) is 11.9 Å². The zero-order valence-corrected chi connectivity index (χ0v) is 10.9. The molecule has 0 aliphatic heterocycles. The van der Waals surface area contributed by atoms with Crippen molar-refractivity contribution in [1.82, 2.24) is 5.32 Å². The standard InChI is InChI=1S/C14H13FN2O4/c15-12-8-9(3-4-11(12)13(18)19)17-14(20)16-6-5-10-2-1-7-21-10/h1-4,7-8H,5-6H2,(H,18,19)(H2,16,17,20). The minimum Gasteiger partial charge on any atom is -0.478 e. The molecule has 110 valence electrons. The number of hydrogen-bond acceptors (Lipinski definition) is 3. The van der Waals surface area contributed by atoms with Crippen LogP contribution in [0, 0.1) is 5.82 Å². The zero-order chi connectivity index (χ0) is 15.2. The van der Waals surface area contributed by atoms with Gasteiger partial charge in [-0.2, -0.15) is 0 Å². The third-order valence-corrected chi connectivity index (χ3v) is 2.69. The minimum atomic E-state index is -1.36. The highest BCUT2D eigenvalue weighted by Crippen LogP contribution is 2.14. The molecule has 2 amide bonds. The van der Waals surface area contributed by atoms with Crippen molar-refractivity contribution < 1.29 is 23.5 Å². The second-order valence-electron chi connectivity index (χ2n) is 4.21. The molecule has 21 heavy (non-hydrogen) atoms. The summed E-state index contributed by atoms with van der Waals surface area (Å²) in [6.45, 7) is 0.356. The first-order chi connectivity index (χ1) is 10.1. The summed E-state index contributed by atoms with van der Waals surface area (Å²) >= 11 is 0. The number of urea groups is 1. The summed E-state index contributed by atoms with van der Waals surface area (Å²) in [5.74, 6) is -1.52. The number of carbonyl (C=O) groups excluding carboxylic acids is 1. The number of amides is 2. The third kappa shape index (κ3) is 4.07. The van der Waals surface area contributed by atoms with Crippen molar-refractivity contribution in [3.63, 3.8) is 0 Å². The minimum absolute atomic E-state index is 0.174. The summed E-state index contributed by atoms with van der Waals surface area (Å²) < 4.78 is 18.5. The maximum Gasteiger partial charge on any atom is 0.338 e. The Morgan fingerprint density at radius 1 is 1.29 bits per heavy atom. The fourth-order valence-corrected chi connectivity index (χ4v) is 1.70. The lowest BCUT2D eigenvalue weighted by Gasteiger charge is -2.07. The Hall–Kier alpha value is -2.83. The maximum atomic E-state index is 13.4. The van der Waals surface area contributed by atoms with Gasteiger partial charge in [-0.3, -0.25) is 0 Å². The van der Waals surface area contributed by atoms with Gasteiger partial charge in [0.25, 0.3) is 0 Å². The molecule has 2 aromatic rings. The van der Waals surface area contributed by atoms with Gasteiger partial charge in [-0.05, 0) is 30.3 Å². The van der Waals surface area contributed by atoms with Gasteiger partial charge in [0.05, 0.1) is 11.8 Å². The number of carboxylic acids is 1. The number of benzene rings is 1. The van der Waals surface area contributed by atoms with Gasteiger partial charge in [-0.1, -0.05) is 0 Å². The number of halogens is 1. The Morgan fingerprint density at radius 2 is 2.10 bits per heavy atom. The fourth-order valence-electron chi connectivity index (χ4n) is 1.70. The van der Waals surface area contributed by atoms with E-state index in [1.165, 1.54) is 6.07 Å². The molecule has 1 aromatic carbocycles. The SMILES string of the molecule is O=C(NCCc1ccco1)Nc1ccc(C(=O)O)c(F)c1. The number of furan rings is 1. The molecule has 0 aliphatic rings. The summed E-state index contributed by atoms with van der Waals surface area (Å²) in [5.41, 5.74) is -0.272. The van der Waals surface area contributed by atoms with E-state index >= 15 is 0 Å². The number of rotatable bonds is 5. The predicted molar refractivity (Wildman–Crippen MR) is 72.8 cm³/mol. The molecule has 1 aromatic heterocycles. The van der Waals surface area contributed by atoms with E-state index in [1.54, 1.807) is 18.4 Å². The van der Waals surface area contributed by atoms with Crippen LogP contribution in [0.4, 0.5) is 14.9 Å². The number of hydrogen-bond donors (Lipinski definition) is 3. The molecular formula is C14H13FN2O4. The van der Waals surface area contributed by atoms with E-state index in [9.17, 15) is 14.0 Å². The van der Waals surface area contributed by atoms with Gasteiger partial charge >= 0.3 is 12.0 Å². The summed E-state index contributed by atoms with van der Waals surface area (Å²) in [4.78, 5) is 22.2. The van der Waals surface area contributed by atoms with E-state index in [-0.39, 0.29) is 5.69 Å². The van der Waals surface area contributed by atoms with Gasteiger partial charge < -0.3 is 20.2 Å². The molecule has 3 N–H and O–H groups in total. The largest absolute Gasteiger partial charge is 0.478 e. The molecule has 0 radical (unpaired) electrons. The lowest BCUT2D eigenvalue weighted by Crippen LogP contribution is -2.30. The van der Waals surface area contributed by atoms with Crippen LogP contribution in [-0.2, 0) is 6.42 Å². The number of carboxylic acid groups (broad SMARTS) is 1. The molecule has 0 saturated heterocycles. The van der Waals surface area contributed by atoms with Crippen LogP contribution < -0.4 is 10.6 Å². The highest BCUT2D eigenvalue weighted by atomic mass is 19.1. The van der Waals surface area contributed by atoms with Crippen LogP contribution in [0.15, 0.2) is 41.0 Å². The van der Waals surface area contributed by atoms with Crippen LogP contribution in [0.1, 0.15) is 16.1 Å². The molecule has 2 rings (SSSR count). The van der Waals surface area contributed by atoms with Crippen molar-refractivity contribution in [3.05, 3.63) is 53.7 Å². The van der Waals surface area contributed by atoms with E-state index in [2.05, 4.69) is 10.6 Å². The molecule has 6 nitrogen and oxygen atoms in total. The van der Waals surface area contributed by atoms with E-state index in [0.29, 0.717) is 13.0 Å². The molecule has 0 atom stereocenters. The monoisotopic (exact) mass is 292 g/mol. The molecule has 1 heterocycles. The van der Waals surface area contributed by atoms with E-state index < -0.39 is 23.4 Å². The molecule has 0 unspecified atom stereocenters. The molecule has 0 saturated carbocycles. The van der Waals surface area contributed by atoms with Gasteiger partial charge in [0.2, 0.25) is 0 Å². The van der Waals surface area contributed by atoms with Gasteiger partial charge in [-0.25, -0.2) is 14.0 Å². The first-order valence-corrected chi connectivity index (χ1v) is 6.16. The van der Waals surface area contributed by atoms with E-state index in [0.717, 1.165) is 17.9 Å². The lowest BCUT2D eigenvalue weighted by molar-refractivity contribution is 0.0692. The van der Waals surface area contributed by atoms with Crippen LogP contribution in [-0.4, -0.2) is 23.7 Å². The molecule has 0 fully saturated rings. The summed E-state index contributed by atoms with van der Waals surface area (Å²) in [6, 6.07) is 6.40. The smallest absolute Gasteiger partial charge is 0.338 e. The number of nitrogens with one attached hydrogen (secondary N) is 2. The van der Waals surface area contributed by atoms with E-state index in [4.69, 9.17) is 9.52 Å².